The van der Waals surface area contributed by atoms with E-state index in [1.165, 1.54) is 7.11 Å². The molecule has 2 amide bonds. The van der Waals surface area contributed by atoms with Crippen LogP contribution in [0.5, 0.6) is 5.75 Å². The van der Waals surface area contributed by atoms with Gasteiger partial charge in [0.2, 0.25) is 5.91 Å². The number of nitrogens with one attached hydrogen (secondary N) is 1. The van der Waals surface area contributed by atoms with E-state index in [1.807, 2.05) is 18.2 Å². The summed E-state index contributed by atoms with van der Waals surface area (Å²) in [4.78, 5) is 29.8. The fourth-order valence-electron chi connectivity index (χ4n) is 6.27. The molecule has 37 heavy (non-hydrogen) atoms. The van der Waals surface area contributed by atoms with Gasteiger partial charge in [0.25, 0.3) is 5.91 Å². The Morgan fingerprint density at radius 1 is 1.00 bits per heavy atom. The molecule has 8 heteroatoms. The van der Waals surface area contributed by atoms with E-state index in [0.717, 1.165) is 69.4 Å². The number of halogens is 2. The number of amides is 2. The van der Waals surface area contributed by atoms with Crippen LogP contribution < -0.4 is 10.1 Å². The first-order valence-corrected chi connectivity index (χ1v) is 13.3. The van der Waals surface area contributed by atoms with Crippen LogP contribution in [-0.2, 0) is 4.79 Å². The van der Waals surface area contributed by atoms with Crippen LogP contribution in [0.2, 0.25) is 0 Å². The van der Waals surface area contributed by atoms with Gasteiger partial charge in [-0.3, -0.25) is 9.59 Å². The molecule has 0 bridgehead atoms. The number of methoxy groups -OCH3 is 1. The molecule has 2 heterocycles. The maximum absolute atomic E-state index is 14.5. The van der Waals surface area contributed by atoms with Crippen molar-refractivity contribution in [3.05, 3.63) is 65.2 Å². The number of rotatable bonds is 8. The zero-order valence-corrected chi connectivity index (χ0v) is 21.3. The molecule has 2 unspecified atom stereocenters. The Labute approximate surface area is 217 Å². The fourth-order valence-corrected chi connectivity index (χ4v) is 6.27. The summed E-state index contributed by atoms with van der Waals surface area (Å²) < 4.78 is 33.8. The van der Waals surface area contributed by atoms with E-state index in [9.17, 15) is 18.4 Å². The summed E-state index contributed by atoms with van der Waals surface area (Å²) in [5.74, 6) is -1.50. The maximum Gasteiger partial charge on any atom is 0.259 e. The molecule has 0 radical (unpaired) electrons. The molecule has 2 aliphatic heterocycles. The van der Waals surface area contributed by atoms with Crippen LogP contribution in [0.1, 0.15) is 54.1 Å². The molecule has 3 atom stereocenters. The van der Waals surface area contributed by atoms with E-state index in [0.29, 0.717) is 13.1 Å². The quantitative estimate of drug-likeness (QED) is 0.570. The SMILES string of the molecule is COc1cc(F)c(C(=O)N2CC3CN(CCC(NC(=O)C4CCCC4)c4ccccc4)C[C@H]3C2)c(F)c1. The summed E-state index contributed by atoms with van der Waals surface area (Å²) in [7, 11) is 1.33. The second-order valence-electron chi connectivity index (χ2n) is 10.7. The van der Waals surface area contributed by atoms with Gasteiger partial charge in [-0.1, -0.05) is 43.2 Å². The Kier molecular flexibility index (Phi) is 7.74. The molecule has 198 valence electrons. The maximum atomic E-state index is 14.5. The fraction of sp³-hybridized carbons (Fsp3) is 0.517. The molecule has 3 aliphatic rings. The van der Waals surface area contributed by atoms with Crippen molar-refractivity contribution in [2.24, 2.45) is 17.8 Å². The third-order valence-electron chi connectivity index (χ3n) is 8.29. The molecular formula is C29H35F2N3O3. The third kappa shape index (κ3) is 5.64. The molecule has 0 aromatic heterocycles. The number of carbonyl (C=O) groups is 2. The van der Waals surface area contributed by atoms with Crippen molar-refractivity contribution in [1.29, 1.82) is 0 Å². The molecule has 1 aliphatic carbocycles. The van der Waals surface area contributed by atoms with Crippen molar-refractivity contribution in [1.82, 2.24) is 15.1 Å². The van der Waals surface area contributed by atoms with Crippen LogP contribution >= 0.6 is 0 Å². The van der Waals surface area contributed by atoms with E-state index in [2.05, 4.69) is 22.3 Å². The van der Waals surface area contributed by atoms with Crippen LogP contribution in [0.4, 0.5) is 8.78 Å². The zero-order valence-electron chi connectivity index (χ0n) is 21.3. The second kappa shape index (κ2) is 11.2. The van der Waals surface area contributed by atoms with Gasteiger partial charge in [0, 0.05) is 50.8 Å². The number of carbonyl (C=O) groups excluding carboxylic acids is 2. The molecule has 3 fully saturated rings. The van der Waals surface area contributed by atoms with Gasteiger partial charge in [-0.05, 0) is 36.7 Å². The topological polar surface area (TPSA) is 61.9 Å². The van der Waals surface area contributed by atoms with Crippen molar-refractivity contribution in [2.75, 3.05) is 39.8 Å². The Balaban J connectivity index is 1.17. The highest BCUT2D eigenvalue weighted by Crippen LogP contribution is 2.34. The van der Waals surface area contributed by atoms with E-state index in [4.69, 9.17) is 4.74 Å². The molecular weight excluding hydrogens is 476 g/mol. The number of hydrogen-bond donors (Lipinski definition) is 1. The third-order valence-corrected chi connectivity index (χ3v) is 8.29. The minimum atomic E-state index is -0.896. The van der Waals surface area contributed by atoms with Gasteiger partial charge in [0.05, 0.1) is 13.2 Å². The van der Waals surface area contributed by atoms with Crippen molar-refractivity contribution >= 4 is 11.8 Å². The highest BCUT2D eigenvalue weighted by Gasteiger charge is 2.42. The molecule has 1 N–H and O–H groups in total. The summed E-state index contributed by atoms with van der Waals surface area (Å²) in [6.45, 7) is 3.49. The Morgan fingerprint density at radius 3 is 2.22 bits per heavy atom. The molecule has 1 saturated carbocycles. The summed E-state index contributed by atoms with van der Waals surface area (Å²) in [5.41, 5.74) is 0.606. The number of nitrogens with zero attached hydrogens (tertiary/aromatic N) is 2. The van der Waals surface area contributed by atoms with Gasteiger partial charge in [-0.25, -0.2) is 8.78 Å². The van der Waals surface area contributed by atoms with Crippen molar-refractivity contribution in [3.8, 4) is 5.75 Å². The molecule has 2 saturated heterocycles. The molecule has 6 nitrogen and oxygen atoms in total. The molecule has 2 aromatic rings. The summed E-state index contributed by atoms with van der Waals surface area (Å²) >= 11 is 0. The average Bonchev–Trinajstić information content (AvgIpc) is 3.63. The number of fused-ring (bicyclic) bond motifs is 1. The smallest absolute Gasteiger partial charge is 0.259 e. The van der Waals surface area contributed by atoms with Crippen molar-refractivity contribution in [3.63, 3.8) is 0 Å². The monoisotopic (exact) mass is 511 g/mol. The van der Waals surface area contributed by atoms with E-state index in [1.54, 1.807) is 4.90 Å². The van der Waals surface area contributed by atoms with Crippen LogP contribution in [0.25, 0.3) is 0 Å². The standard InChI is InChI=1S/C29H35F2N3O3/c1-37-23-13-24(30)27(25(31)14-23)29(36)34-17-21-15-33(16-22(21)18-34)12-11-26(19-7-3-2-4-8-19)32-28(35)20-9-5-6-10-20/h2-4,7-8,13-14,20-22,26H,5-6,9-12,15-18H2,1H3,(H,32,35)/t21-,22?,26?/m0/s1. The molecule has 2 aromatic carbocycles. The largest absolute Gasteiger partial charge is 0.497 e. The number of benzene rings is 2. The van der Waals surface area contributed by atoms with Crippen LogP contribution in [-0.4, -0.2) is 61.4 Å². The van der Waals surface area contributed by atoms with Crippen LogP contribution in [0.3, 0.4) is 0 Å². The van der Waals surface area contributed by atoms with Gasteiger partial charge in [-0.2, -0.15) is 0 Å². The normalized spacial score (nSPS) is 22.7. The Bertz CT molecular complexity index is 1090. The Hall–Kier alpha value is -3.00. The van der Waals surface area contributed by atoms with Crippen molar-refractivity contribution < 1.29 is 23.1 Å². The Morgan fingerprint density at radius 2 is 1.62 bits per heavy atom. The van der Waals surface area contributed by atoms with Gasteiger partial charge >= 0.3 is 0 Å². The molecule has 0 spiro atoms. The second-order valence-corrected chi connectivity index (χ2v) is 10.7. The first-order chi connectivity index (χ1) is 17.9. The molecule has 5 rings (SSSR count). The first-order valence-electron chi connectivity index (χ1n) is 13.3. The predicted octanol–water partition coefficient (Wildman–Crippen LogP) is 4.42. The van der Waals surface area contributed by atoms with Crippen molar-refractivity contribution in [2.45, 2.75) is 38.1 Å². The lowest BCUT2D eigenvalue weighted by Crippen LogP contribution is -2.37. The number of hydrogen-bond acceptors (Lipinski definition) is 4. The van der Waals surface area contributed by atoms with E-state index in [-0.39, 0.29) is 35.5 Å². The van der Waals surface area contributed by atoms with E-state index >= 15 is 0 Å². The minimum absolute atomic E-state index is 0.0335. The van der Waals surface area contributed by atoms with Crippen LogP contribution in [0.15, 0.2) is 42.5 Å². The minimum Gasteiger partial charge on any atom is -0.497 e. The first kappa shape index (κ1) is 25.6. The highest BCUT2D eigenvalue weighted by molar-refractivity contribution is 5.95. The number of likely N-dealkylation sites (tertiary alicyclic amines) is 2. The summed E-state index contributed by atoms with van der Waals surface area (Å²) in [6, 6.07) is 12.2. The summed E-state index contributed by atoms with van der Waals surface area (Å²) in [6.07, 6.45) is 5.02. The predicted molar refractivity (Wildman–Crippen MR) is 136 cm³/mol. The van der Waals surface area contributed by atoms with Crippen LogP contribution in [0, 0.1) is 29.4 Å². The average molecular weight is 512 g/mol. The lowest BCUT2D eigenvalue weighted by molar-refractivity contribution is -0.125. The van der Waals surface area contributed by atoms with Gasteiger partial charge in [0.1, 0.15) is 22.9 Å². The highest BCUT2D eigenvalue weighted by atomic mass is 19.1. The van der Waals surface area contributed by atoms with Gasteiger partial charge in [0.15, 0.2) is 0 Å². The van der Waals surface area contributed by atoms with Gasteiger partial charge < -0.3 is 19.9 Å². The zero-order chi connectivity index (χ0) is 25.9. The lowest BCUT2D eigenvalue weighted by Gasteiger charge is -2.26. The lowest BCUT2D eigenvalue weighted by atomic mass is 10.0. The number of ether oxygens (including phenoxy) is 1. The van der Waals surface area contributed by atoms with E-state index < -0.39 is 23.1 Å². The van der Waals surface area contributed by atoms with Gasteiger partial charge in [-0.15, -0.1) is 0 Å². The summed E-state index contributed by atoms with van der Waals surface area (Å²) in [5, 5.41) is 3.31.